The monoisotopic (exact) mass is 414 g/mol. The maximum Gasteiger partial charge on any atom is 0.285 e. The predicted molar refractivity (Wildman–Crippen MR) is 96.4 cm³/mol. The van der Waals surface area contributed by atoms with Gasteiger partial charge in [0.05, 0.1) is 9.79 Å². The molecule has 0 bridgehead atoms. The Morgan fingerprint density at radius 1 is 0.885 bits per heavy atom. The number of rotatable bonds is 3. The van der Waals surface area contributed by atoms with Crippen molar-refractivity contribution in [1.29, 1.82) is 0 Å². The fourth-order valence-electron chi connectivity index (χ4n) is 2.40. The van der Waals surface area contributed by atoms with Crippen molar-refractivity contribution in [3.05, 3.63) is 48.0 Å². The van der Waals surface area contributed by atoms with Crippen molar-refractivity contribution in [2.24, 2.45) is 4.40 Å². The number of nitrogens with zero attached hydrogens (tertiary/aromatic N) is 1. The Balaban J connectivity index is 2.15. The summed E-state index contributed by atoms with van der Waals surface area (Å²) >= 11 is 0. The van der Waals surface area contributed by atoms with Crippen LogP contribution in [0.3, 0.4) is 0 Å². The summed E-state index contributed by atoms with van der Waals surface area (Å²) in [4.78, 5) is -0.402. The molecule has 0 aromatic heterocycles. The zero-order valence-corrected chi connectivity index (χ0v) is 16.1. The van der Waals surface area contributed by atoms with Crippen LogP contribution in [-0.4, -0.2) is 43.6 Å². The second kappa shape index (κ2) is 5.89. The Hall–Kier alpha value is -2.24. The average Bonchev–Trinajstić information content (AvgIpc) is 2.77. The second-order valence-electron chi connectivity index (χ2n) is 5.77. The molecule has 1 N–H and O–H groups in total. The van der Waals surface area contributed by atoms with Crippen LogP contribution in [0, 0.1) is 0 Å². The topological polar surface area (TPSA) is 127 Å². The van der Waals surface area contributed by atoms with Gasteiger partial charge in [0.1, 0.15) is 4.90 Å². The highest BCUT2D eigenvalue weighted by molar-refractivity contribution is 7.91. The Morgan fingerprint density at radius 2 is 1.42 bits per heavy atom. The second-order valence-corrected chi connectivity index (χ2v) is 11.4. The van der Waals surface area contributed by atoms with Crippen LogP contribution in [0.15, 0.2) is 61.5 Å². The van der Waals surface area contributed by atoms with Crippen LogP contribution in [-0.2, 0) is 29.7 Å². The number of nitrogens with one attached hydrogen (secondary N) is 1. The first-order chi connectivity index (χ1) is 11.9. The Labute approximate surface area is 151 Å². The third kappa shape index (κ3) is 3.50. The van der Waals surface area contributed by atoms with Crippen LogP contribution in [0.5, 0.6) is 0 Å². The Bertz CT molecular complexity index is 1210. The summed E-state index contributed by atoms with van der Waals surface area (Å²) in [7, 11) is -11.2. The van der Waals surface area contributed by atoms with E-state index < -0.39 is 29.7 Å². The van der Waals surface area contributed by atoms with Crippen molar-refractivity contribution in [1.82, 2.24) is 0 Å². The number of fused-ring (bicyclic) bond motifs is 1. The highest BCUT2D eigenvalue weighted by atomic mass is 32.2. The number of sulfonamides is 1. The predicted octanol–water partition coefficient (Wildman–Crippen LogP) is 1.05. The average molecular weight is 414 g/mol. The first-order valence-corrected chi connectivity index (χ1v) is 12.4. The van der Waals surface area contributed by atoms with E-state index in [1.165, 1.54) is 18.2 Å². The van der Waals surface area contributed by atoms with Gasteiger partial charge in [0, 0.05) is 23.8 Å². The molecule has 26 heavy (non-hydrogen) atoms. The van der Waals surface area contributed by atoms with E-state index in [2.05, 4.69) is 9.71 Å². The molecule has 0 saturated carbocycles. The van der Waals surface area contributed by atoms with Crippen LogP contribution in [0.2, 0.25) is 0 Å². The molecule has 0 radical (unpaired) electrons. The van der Waals surface area contributed by atoms with Crippen LogP contribution in [0.1, 0.15) is 5.56 Å². The molecule has 0 atom stereocenters. The normalized spacial score (nSPS) is 16.0. The molecular weight excluding hydrogens is 400 g/mol. The summed E-state index contributed by atoms with van der Waals surface area (Å²) < 4.78 is 75.2. The van der Waals surface area contributed by atoms with Gasteiger partial charge in [0.2, 0.25) is 0 Å². The molecule has 11 heteroatoms. The molecule has 2 aromatic carbocycles. The fourth-order valence-corrected chi connectivity index (χ4v) is 5.02. The van der Waals surface area contributed by atoms with Crippen LogP contribution in [0.25, 0.3) is 0 Å². The van der Waals surface area contributed by atoms with Crippen LogP contribution < -0.4 is 5.32 Å². The number of anilines is 1. The van der Waals surface area contributed by atoms with Gasteiger partial charge in [-0.15, -0.1) is 4.40 Å². The van der Waals surface area contributed by atoms with Gasteiger partial charge in [-0.25, -0.2) is 16.8 Å². The maximum absolute atomic E-state index is 12.1. The molecule has 0 amide bonds. The highest BCUT2D eigenvalue weighted by Gasteiger charge is 2.28. The van der Waals surface area contributed by atoms with Crippen molar-refractivity contribution < 1.29 is 25.3 Å². The zero-order chi connectivity index (χ0) is 19.3. The molecule has 0 unspecified atom stereocenters. The Morgan fingerprint density at radius 3 is 1.96 bits per heavy atom. The quantitative estimate of drug-likeness (QED) is 0.795. The molecule has 3 rings (SSSR count). The van der Waals surface area contributed by atoms with Crippen molar-refractivity contribution >= 4 is 41.2 Å². The SMILES string of the molecule is CS(=O)(=O)c1cc(NC2=NS(=O)(=O)c3ccccc32)cc(S(C)(=O)=O)c1. The largest absolute Gasteiger partial charge is 0.339 e. The summed E-state index contributed by atoms with van der Waals surface area (Å²) in [5.41, 5.74) is 0.414. The van der Waals surface area contributed by atoms with Gasteiger partial charge in [-0.1, -0.05) is 12.1 Å². The number of sulfone groups is 2. The lowest BCUT2D eigenvalue weighted by Gasteiger charge is -2.10. The molecular formula is C15H14N2O6S3. The van der Waals surface area contributed by atoms with Crippen molar-refractivity contribution in [3.8, 4) is 0 Å². The van der Waals surface area contributed by atoms with Gasteiger partial charge >= 0.3 is 0 Å². The summed E-state index contributed by atoms with van der Waals surface area (Å²) in [6.45, 7) is 0. The summed E-state index contributed by atoms with van der Waals surface area (Å²) in [5, 5.41) is 2.72. The molecule has 0 aliphatic carbocycles. The maximum atomic E-state index is 12.1. The Kier molecular flexibility index (Phi) is 4.20. The number of benzene rings is 2. The summed E-state index contributed by atoms with van der Waals surface area (Å²) in [6, 6.07) is 9.63. The molecule has 8 nitrogen and oxygen atoms in total. The van der Waals surface area contributed by atoms with E-state index in [4.69, 9.17) is 0 Å². The van der Waals surface area contributed by atoms with E-state index in [9.17, 15) is 25.3 Å². The van der Waals surface area contributed by atoms with Crippen molar-refractivity contribution in [2.75, 3.05) is 17.8 Å². The minimum atomic E-state index is -3.86. The van der Waals surface area contributed by atoms with Crippen LogP contribution >= 0.6 is 0 Å². The van der Waals surface area contributed by atoms with Crippen LogP contribution in [0.4, 0.5) is 5.69 Å². The van der Waals surface area contributed by atoms with E-state index in [1.54, 1.807) is 18.2 Å². The van der Waals surface area contributed by atoms with Gasteiger partial charge in [-0.3, -0.25) is 0 Å². The molecule has 0 fully saturated rings. The lowest BCUT2D eigenvalue weighted by Crippen LogP contribution is -2.13. The molecule has 0 spiro atoms. The minimum Gasteiger partial charge on any atom is -0.339 e. The van der Waals surface area contributed by atoms with E-state index in [0.29, 0.717) is 5.56 Å². The van der Waals surface area contributed by atoms with Gasteiger partial charge in [-0.05, 0) is 30.3 Å². The molecule has 1 aliphatic heterocycles. The molecule has 138 valence electrons. The molecule has 2 aromatic rings. The third-order valence-corrected chi connectivity index (χ3v) is 7.15. The van der Waals surface area contributed by atoms with Gasteiger partial charge in [0.25, 0.3) is 10.0 Å². The zero-order valence-electron chi connectivity index (χ0n) is 13.7. The first-order valence-electron chi connectivity index (χ1n) is 7.14. The molecule has 0 saturated heterocycles. The van der Waals surface area contributed by atoms with E-state index in [-0.39, 0.29) is 26.2 Å². The van der Waals surface area contributed by atoms with E-state index in [0.717, 1.165) is 18.6 Å². The van der Waals surface area contributed by atoms with Gasteiger partial charge in [-0.2, -0.15) is 8.42 Å². The first kappa shape index (κ1) is 18.5. The van der Waals surface area contributed by atoms with Crippen molar-refractivity contribution in [2.45, 2.75) is 14.7 Å². The summed E-state index contributed by atoms with van der Waals surface area (Å²) in [6.07, 6.45) is 1.90. The number of hydrogen-bond donors (Lipinski definition) is 1. The third-order valence-electron chi connectivity index (χ3n) is 3.63. The molecule has 1 aliphatic rings. The number of hydrogen-bond acceptors (Lipinski definition) is 7. The van der Waals surface area contributed by atoms with E-state index >= 15 is 0 Å². The number of amidine groups is 1. The van der Waals surface area contributed by atoms with Gasteiger partial charge < -0.3 is 5.32 Å². The van der Waals surface area contributed by atoms with Crippen molar-refractivity contribution in [3.63, 3.8) is 0 Å². The van der Waals surface area contributed by atoms with Gasteiger partial charge in [0.15, 0.2) is 25.5 Å². The van der Waals surface area contributed by atoms with E-state index in [1.807, 2.05) is 0 Å². The lowest BCUT2D eigenvalue weighted by atomic mass is 10.2. The lowest BCUT2D eigenvalue weighted by molar-refractivity contribution is 0.597. The smallest absolute Gasteiger partial charge is 0.285 e. The highest BCUT2D eigenvalue weighted by Crippen LogP contribution is 2.28. The molecule has 1 heterocycles. The summed E-state index contributed by atoms with van der Waals surface area (Å²) in [5.74, 6) is -0.00861. The fraction of sp³-hybridized carbons (Fsp3) is 0.133. The standard InChI is InChI=1S/C15H14N2O6S3/c1-24(18,19)11-7-10(8-12(9-11)25(2,20)21)16-15-13-5-3-4-6-14(13)26(22,23)17-15/h3-9H,1-2H3,(H,16,17). The minimum absolute atomic E-state index is 0.00861.